The molecule has 1 heterocycles. The smallest absolute Gasteiger partial charge is 0.354 e. The van der Waals surface area contributed by atoms with Crippen LogP contribution in [0.3, 0.4) is 0 Å². The maximum atomic E-state index is 12.0. The second-order valence-electron chi connectivity index (χ2n) is 4.38. The average molecular weight is 291 g/mol. The Morgan fingerprint density at radius 1 is 1.14 bits per heavy atom. The summed E-state index contributed by atoms with van der Waals surface area (Å²) in [7, 11) is 0. The average Bonchev–Trinajstić information content (AvgIpc) is 2.77. The normalized spacial score (nSPS) is 10.6. The summed E-state index contributed by atoms with van der Waals surface area (Å²) in [4.78, 5) is 23.7. The van der Waals surface area contributed by atoms with Crippen molar-refractivity contribution in [2.45, 2.75) is 20.4 Å². The molecule has 0 aliphatic rings. The lowest BCUT2D eigenvalue weighted by Crippen LogP contribution is -2.18. The highest BCUT2D eigenvalue weighted by Gasteiger charge is 2.19. The van der Waals surface area contributed by atoms with Gasteiger partial charge < -0.3 is 19.1 Å². The van der Waals surface area contributed by atoms with E-state index >= 15 is 0 Å². The zero-order chi connectivity index (χ0) is 15.4. The SMILES string of the molecule is CCOC(=O)Cn1c(C(=O)OCC)cc2cc(O)ccc21. The lowest BCUT2D eigenvalue weighted by molar-refractivity contribution is -0.143. The number of esters is 2. The van der Waals surface area contributed by atoms with Crippen molar-refractivity contribution in [3.05, 3.63) is 30.0 Å². The lowest BCUT2D eigenvalue weighted by Gasteiger charge is -2.09. The number of carbonyl (C=O) groups is 2. The van der Waals surface area contributed by atoms with Crippen molar-refractivity contribution in [2.75, 3.05) is 13.2 Å². The summed E-state index contributed by atoms with van der Waals surface area (Å²) in [6.07, 6.45) is 0. The molecule has 2 aromatic rings. The van der Waals surface area contributed by atoms with Crippen LogP contribution in [0.5, 0.6) is 5.75 Å². The Labute approximate surface area is 121 Å². The number of nitrogens with zero attached hydrogens (tertiary/aromatic N) is 1. The van der Waals surface area contributed by atoms with E-state index < -0.39 is 11.9 Å². The number of ether oxygens (including phenoxy) is 2. The summed E-state index contributed by atoms with van der Waals surface area (Å²) < 4.78 is 11.4. The van der Waals surface area contributed by atoms with Gasteiger partial charge in [-0.25, -0.2) is 4.79 Å². The molecule has 2 rings (SSSR count). The Kier molecular flexibility index (Phi) is 4.47. The summed E-state index contributed by atoms with van der Waals surface area (Å²) in [6.45, 7) is 3.85. The highest BCUT2D eigenvalue weighted by atomic mass is 16.5. The van der Waals surface area contributed by atoms with Gasteiger partial charge in [0.25, 0.3) is 0 Å². The number of fused-ring (bicyclic) bond motifs is 1. The molecule has 1 N–H and O–H groups in total. The highest BCUT2D eigenvalue weighted by Crippen LogP contribution is 2.24. The Hall–Kier alpha value is -2.50. The van der Waals surface area contributed by atoms with Crippen LogP contribution in [-0.2, 0) is 20.8 Å². The second-order valence-corrected chi connectivity index (χ2v) is 4.38. The topological polar surface area (TPSA) is 77.8 Å². The standard InChI is InChI=1S/C15H17NO5/c1-3-20-14(18)9-16-12-6-5-11(17)7-10(12)8-13(16)15(19)21-4-2/h5-8,17H,3-4,9H2,1-2H3. The number of phenolic OH excluding ortho intramolecular Hbond substituents is 1. The minimum Gasteiger partial charge on any atom is -0.508 e. The molecule has 112 valence electrons. The molecular formula is C15H17NO5. The Morgan fingerprint density at radius 3 is 2.52 bits per heavy atom. The zero-order valence-corrected chi connectivity index (χ0v) is 12.0. The van der Waals surface area contributed by atoms with Crippen LogP contribution >= 0.6 is 0 Å². The van der Waals surface area contributed by atoms with E-state index in [-0.39, 0.29) is 31.2 Å². The van der Waals surface area contributed by atoms with E-state index in [0.717, 1.165) is 0 Å². The van der Waals surface area contributed by atoms with Crippen LogP contribution < -0.4 is 0 Å². The van der Waals surface area contributed by atoms with Gasteiger partial charge in [0.05, 0.1) is 13.2 Å². The quantitative estimate of drug-likeness (QED) is 0.853. The van der Waals surface area contributed by atoms with Crippen molar-refractivity contribution in [1.29, 1.82) is 0 Å². The molecular weight excluding hydrogens is 274 g/mol. The number of hydrogen-bond donors (Lipinski definition) is 1. The third kappa shape index (κ3) is 3.16. The van der Waals surface area contributed by atoms with E-state index in [4.69, 9.17) is 9.47 Å². The molecule has 21 heavy (non-hydrogen) atoms. The number of rotatable bonds is 5. The fraction of sp³-hybridized carbons (Fsp3) is 0.333. The molecule has 0 aliphatic heterocycles. The minimum atomic E-state index is -0.516. The Bertz CT molecular complexity index is 674. The van der Waals surface area contributed by atoms with E-state index in [1.54, 1.807) is 26.0 Å². The molecule has 0 bridgehead atoms. The van der Waals surface area contributed by atoms with Crippen LogP contribution in [-0.4, -0.2) is 34.8 Å². The van der Waals surface area contributed by atoms with Crippen molar-refractivity contribution in [2.24, 2.45) is 0 Å². The van der Waals surface area contributed by atoms with Gasteiger partial charge in [-0.1, -0.05) is 0 Å². The number of hydrogen-bond acceptors (Lipinski definition) is 5. The maximum Gasteiger partial charge on any atom is 0.354 e. The molecule has 0 radical (unpaired) electrons. The second kappa shape index (κ2) is 6.30. The van der Waals surface area contributed by atoms with Crippen LogP contribution in [0.4, 0.5) is 0 Å². The van der Waals surface area contributed by atoms with Crippen LogP contribution in [0.1, 0.15) is 24.3 Å². The van der Waals surface area contributed by atoms with E-state index in [1.807, 2.05) is 0 Å². The van der Waals surface area contributed by atoms with E-state index in [2.05, 4.69) is 0 Å². The van der Waals surface area contributed by atoms with Crippen molar-refractivity contribution >= 4 is 22.8 Å². The fourth-order valence-electron chi connectivity index (χ4n) is 2.14. The molecule has 0 aliphatic carbocycles. The molecule has 0 saturated heterocycles. The first-order valence-corrected chi connectivity index (χ1v) is 6.71. The molecule has 0 saturated carbocycles. The molecule has 0 spiro atoms. The highest BCUT2D eigenvalue weighted by molar-refractivity contribution is 5.96. The predicted molar refractivity (Wildman–Crippen MR) is 76.2 cm³/mol. The van der Waals surface area contributed by atoms with Gasteiger partial charge in [0.1, 0.15) is 18.0 Å². The molecule has 0 unspecified atom stereocenters. The van der Waals surface area contributed by atoms with Crippen molar-refractivity contribution < 1.29 is 24.2 Å². The first-order chi connectivity index (χ1) is 10.1. The van der Waals surface area contributed by atoms with Gasteiger partial charge in [0, 0.05) is 10.9 Å². The largest absolute Gasteiger partial charge is 0.508 e. The first-order valence-electron chi connectivity index (χ1n) is 6.71. The number of aromatic hydroxyl groups is 1. The molecule has 1 aromatic carbocycles. The van der Waals surface area contributed by atoms with Crippen LogP contribution in [0.15, 0.2) is 24.3 Å². The Morgan fingerprint density at radius 2 is 1.86 bits per heavy atom. The van der Waals surface area contributed by atoms with Crippen LogP contribution in [0, 0.1) is 0 Å². The van der Waals surface area contributed by atoms with Crippen LogP contribution in [0.25, 0.3) is 10.9 Å². The maximum absolute atomic E-state index is 12.0. The summed E-state index contributed by atoms with van der Waals surface area (Å²) >= 11 is 0. The van der Waals surface area contributed by atoms with E-state index in [0.29, 0.717) is 10.9 Å². The summed E-state index contributed by atoms with van der Waals surface area (Å²) in [5.41, 5.74) is 0.911. The number of phenols is 1. The lowest BCUT2D eigenvalue weighted by atomic mass is 10.2. The van der Waals surface area contributed by atoms with Gasteiger partial charge in [0.15, 0.2) is 0 Å². The van der Waals surface area contributed by atoms with Gasteiger partial charge in [-0.2, -0.15) is 0 Å². The van der Waals surface area contributed by atoms with Gasteiger partial charge in [0.2, 0.25) is 0 Å². The predicted octanol–water partition coefficient (Wildman–Crippen LogP) is 2.09. The monoisotopic (exact) mass is 291 g/mol. The third-order valence-corrected chi connectivity index (χ3v) is 2.96. The number of aromatic nitrogens is 1. The van der Waals surface area contributed by atoms with E-state index in [9.17, 15) is 14.7 Å². The minimum absolute atomic E-state index is 0.0870. The van der Waals surface area contributed by atoms with Crippen molar-refractivity contribution in [1.82, 2.24) is 4.57 Å². The first kappa shape index (κ1) is 14.9. The molecule has 6 nitrogen and oxygen atoms in total. The van der Waals surface area contributed by atoms with Gasteiger partial charge in [-0.3, -0.25) is 4.79 Å². The van der Waals surface area contributed by atoms with Crippen LogP contribution in [0.2, 0.25) is 0 Å². The zero-order valence-electron chi connectivity index (χ0n) is 12.0. The fourth-order valence-corrected chi connectivity index (χ4v) is 2.14. The molecule has 6 heteroatoms. The molecule has 0 atom stereocenters. The molecule has 0 amide bonds. The number of carbonyl (C=O) groups excluding carboxylic acids is 2. The van der Waals surface area contributed by atoms with E-state index in [1.165, 1.54) is 16.7 Å². The Balaban J connectivity index is 2.49. The van der Waals surface area contributed by atoms with Gasteiger partial charge in [-0.05, 0) is 38.1 Å². The van der Waals surface area contributed by atoms with Crippen molar-refractivity contribution in [3.8, 4) is 5.75 Å². The number of benzene rings is 1. The third-order valence-electron chi connectivity index (χ3n) is 2.96. The summed E-state index contributed by atoms with van der Waals surface area (Å²) in [5, 5.41) is 10.2. The van der Waals surface area contributed by atoms with Gasteiger partial charge >= 0.3 is 11.9 Å². The summed E-state index contributed by atoms with van der Waals surface area (Å²) in [6, 6.07) is 6.26. The summed E-state index contributed by atoms with van der Waals surface area (Å²) in [5.74, 6) is -0.864. The molecule has 1 aromatic heterocycles. The van der Waals surface area contributed by atoms with Gasteiger partial charge in [-0.15, -0.1) is 0 Å². The molecule has 0 fully saturated rings. The van der Waals surface area contributed by atoms with Crippen molar-refractivity contribution in [3.63, 3.8) is 0 Å².